The molecule has 13 heavy (non-hydrogen) atoms. The van der Waals surface area contributed by atoms with E-state index in [1.807, 2.05) is 0 Å². The summed E-state index contributed by atoms with van der Waals surface area (Å²) in [5, 5.41) is 10.6. The smallest absolute Gasteiger partial charge is 0.404 e. The highest BCUT2D eigenvalue weighted by Gasteiger charge is 1.93. The molecule has 0 rings (SSSR count). The topological polar surface area (TPSA) is 49.3 Å². The number of carboxylic acid groups (broad SMARTS) is 1. The van der Waals surface area contributed by atoms with Crippen molar-refractivity contribution in [3.05, 3.63) is 0 Å². The summed E-state index contributed by atoms with van der Waals surface area (Å²) in [7, 11) is 0. The average Bonchev–Trinajstić information content (AvgIpc) is 2.09. The van der Waals surface area contributed by atoms with Crippen molar-refractivity contribution in [3.63, 3.8) is 0 Å². The van der Waals surface area contributed by atoms with Crippen LogP contribution in [-0.4, -0.2) is 17.7 Å². The van der Waals surface area contributed by atoms with Gasteiger partial charge in [-0.2, -0.15) is 0 Å². The van der Waals surface area contributed by atoms with Crippen LogP contribution >= 0.6 is 0 Å². The number of unbranched alkanes of at least 4 members (excludes halogenated alkanes) is 6. The first-order valence-corrected chi connectivity index (χ1v) is 5.24. The van der Waals surface area contributed by atoms with E-state index in [1.165, 1.54) is 32.1 Å². The standard InChI is InChI=1S/C10H21NO2/c1-2-3-4-5-6-7-8-9-11-10(12)13/h11H,2-9H2,1H3,(H,12,13). The Labute approximate surface area is 80.5 Å². The van der Waals surface area contributed by atoms with E-state index in [2.05, 4.69) is 12.2 Å². The van der Waals surface area contributed by atoms with Gasteiger partial charge in [0.15, 0.2) is 0 Å². The maximum Gasteiger partial charge on any atom is 0.404 e. The third-order valence-corrected chi connectivity index (χ3v) is 2.06. The third kappa shape index (κ3) is 11.3. The molecule has 0 saturated heterocycles. The van der Waals surface area contributed by atoms with Gasteiger partial charge in [-0.15, -0.1) is 0 Å². The van der Waals surface area contributed by atoms with Gasteiger partial charge in [0.25, 0.3) is 0 Å². The maximum absolute atomic E-state index is 10.1. The summed E-state index contributed by atoms with van der Waals surface area (Å²) in [6, 6.07) is 0. The Kier molecular flexibility index (Phi) is 8.83. The second kappa shape index (κ2) is 9.36. The molecule has 0 aliphatic rings. The highest BCUT2D eigenvalue weighted by molar-refractivity contribution is 5.64. The SMILES string of the molecule is CCCCCCCCCNC(=O)O. The molecule has 0 fully saturated rings. The van der Waals surface area contributed by atoms with Gasteiger partial charge in [0.1, 0.15) is 0 Å². The molecule has 1 amide bonds. The molecule has 3 heteroatoms. The Morgan fingerprint density at radius 2 is 1.62 bits per heavy atom. The largest absolute Gasteiger partial charge is 0.465 e. The minimum Gasteiger partial charge on any atom is -0.465 e. The predicted octanol–water partition coefficient (Wildman–Crippen LogP) is 3.00. The molecule has 0 bridgehead atoms. The van der Waals surface area contributed by atoms with Crippen molar-refractivity contribution in [2.45, 2.75) is 51.9 Å². The fourth-order valence-corrected chi connectivity index (χ4v) is 1.28. The first kappa shape index (κ1) is 12.3. The number of carbonyl (C=O) groups is 1. The summed E-state index contributed by atoms with van der Waals surface area (Å²) in [5.41, 5.74) is 0. The molecule has 0 aliphatic heterocycles. The van der Waals surface area contributed by atoms with E-state index in [-0.39, 0.29) is 0 Å². The van der Waals surface area contributed by atoms with E-state index in [0.29, 0.717) is 6.54 Å². The Morgan fingerprint density at radius 3 is 2.15 bits per heavy atom. The summed E-state index contributed by atoms with van der Waals surface area (Å²) >= 11 is 0. The van der Waals surface area contributed by atoms with Gasteiger partial charge in [0.2, 0.25) is 0 Å². The molecular formula is C10H21NO2. The highest BCUT2D eigenvalue weighted by Crippen LogP contribution is 2.05. The van der Waals surface area contributed by atoms with Crippen molar-refractivity contribution < 1.29 is 9.90 Å². The van der Waals surface area contributed by atoms with Crippen LogP contribution in [0.5, 0.6) is 0 Å². The van der Waals surface area contributed by atoms with Gasteiger partial charge in [-0.1, -0.05) is 45.4 Å². The number of amides is 1. The van der Waals surface area contributed by atoms with Crippen LogP contribution in [-0.2, 0) is 0 Å². The number of hydrogen-bond donors (Lipinski definition) is 2. The van der Waals surface area contributed by atoms with E-state index in [1.54, 1.807) is 0 Å². The Morgan fingerprint density at radius 1 is 1.08 bits per heavy atom. The van der Waals surface area contributed by atoms with Crippen molar-refractivity contribution in [1.29, 1.82) is 0 Å². The number of hydrogen-bond acceptors (Lipinski definition) is 1. The Bertz CT molecular complexity index is 126. The van der Waals surface area contributed by atoms with Gasteiger partial charge in [0.05, 0.1) is 0 Å². The third-order valence-electron chi connectivity index (χ3n) is 2.06. The van der Waals surface area contributed by atoms with Gasteiger partial charge in [0, 0.05) is 6.54 Å². The summed E-state index contributed by atoms with van der Waals surface area (Å²) in [6.45, 7) is 2.81. The lowest BCUT2D eigenvalue weighted by Crippen LogP contribution is -2.21. The van der Waals surface area contributed by atoms with Crippen LogP contribution in [0.4, 0.5) is 4.79 Å². The Hall–Kier alpha value is -0.730. The summed E-state index contributed by atoms with van der Waals surface area (Å²) in [5.74, 6) is 0. The average molecular weight is 187 g/mol. The number of rotatable bonds is 8. The minimum atomic E-state index is -0.911. The van der Waals surface area contributed by atoms with Crippen LogP contribution in [0, 0.1) is 0 Å². The zero-order valence-corrected chi connectivity index (χ0v) is 8.51. The normalized spacial score (nSPS) is 9.92. The van der Waals surface area contributed by atoms with Crippen LogP contribution in [0.2, 0.25) is 0 Å². The van der Waals surface area contributed by atoms with E-state index in [4.69, 9.17) is 5.11 Å². The summed E-state index contributed by atoms with van der Waals surface area (Å²) < 4.78 is 0. The maximum atomic E-state index is 10.1. The van der Waals surface area contributed by atoms with Crippen molar-refractivity contribution in [2.24, 2.45) is 0 Å². The molecule has 0 aromatic carbocycles. The second-order valence-electron chi connectivity index (χ2n) is 3.35. The number of nitrogens with one attached hydrogen (secondary N) is 1. The molecule has 78 valence electrons. The lowest BCUT2D eigenvalue weighted by atomic mass is 10.1. The van der Waals surface area contributed by atoms with Crippen molar-refractivity contribution in [3.8, 4) is 0 Å². The lowest BCUT2D eigenvalue weighted by molar-refractivity contribution is 0.194. The molecule has 3 nitrogen and oxygen atoms in total. The fraction of sp³-hybridized carbons (Fsp3) is 0.900. The zero-order valence-electron chi connectivity index (χ0n) is 8.51. The van der Waals surface area contributed by atoms with Crippen molar-refractivity contribution in [2.75, 3.05) is 6.54 Å². The molecule has 0 radical (unpaired) electrons. The molecule has 2 N–H and O–H groups in total. The second-order valence-corrected chi connectivity index (χ2v) is 3.35. The van der Waals surface area contributed by atoms with Crippen LogP contribution in [0.3, 0.4) is 0 Å². The lowest BCUT2D eigenvalue weighted by Gasteiger charge is -2.01. The molecule has 0 saturated carbocycles. The van der Waals surface area contributed by atoms with Gasteiger partial charge in [-0.25, -0.2) is 4.79 Å². The van der Waals surface area contributed by atoms with E-state index in [9.17, 15) is 4.79 Å². The molecule has 0 aromatic heterocycles. The van der Waals surface area contributed by atoms with Gasteiger partial charge >= 0.3 is 6.09 Å². The molecule has 0 unspecified atom stereocenters. The molecular weight excluding hydrogens is 166 g/mol. The monoisotopic (exact) mass is 187 g/mol. The Balaban J connectivity index is 2.87. The summed E-state index contributed by atoms with van der Waals surface area (Å²) in [6.07, 6.45) is 7.66. The van der Waals surface area contributed by atoms with Crippen LogP contribution in [0.15, 0.2) is 0 Å². The predicted molar refractivity (Wildman–Crippen MR) is 54.0 cm³/mol. The summed E-state index contributed by atoms with van der Waals surface area (Å²) in [4.78, 5) is 10.1. The first-order valence-electron chi connectivity index (χ1n) is 5.24. The molecule has 0 atom stereocenters. The van der Waals surface area contributed by atoms with Crippen LogP contribution < -0.4 is 5.32 Å². The van der Waals surface area contributed by atoms with Crippen molar-refractivity contribution in [1.82, 2.24) is 5.32 Å². The first-order chi connectivity index (χ1) is 6.27. The highest BCUT2D eigenvalue weighted by atomic mass is 16.4. The van der Waals surface area contributed by atoms with Crippen LogP contribution in [0.1, 0.15) is 51.9 Å². The molecule has 0 aliphatic carbocycles. The van der Waals surface area contributed by atoms with Crippen molar-refractivity contribution >= 4 is 6.09 Å². The minimum absolute atomic E-state index is 0.600. The fourth-order valence-electron chi connectivity index (χ4n) is 1.28. The van der Waals surface area contributed by atoms with Gasteiger partial charge in [-0.05, 0) is 6.42 Å². The van der Waals surface area contributed by atoms with E-state index >= 15 is 0 Å². The quantitative estimate of drug-likeness (QED) is 0.574. The molecule has 0 aromatic rings. The zero-order chi connectivity index (χ0) is 9.94. The van der Waals surface area contributed by atoms with E-state index in [0.717, 1.165) is 12.8 Å². The molecule has 0 spiro atoms. The van der Waals surface area contributed by atoms with E-state index < -0.39 is 6.09 Å². The van der Waals surface area contributed by atoms with Gasteiger partial charge in [-0.3, -0.25) is 0 Å². The molecule has 0 heterocycles. The van der Waals surface area contributed by atoms with Gasteiger partial charge < -0.3 is 10.4 Å². The van der Waals surface area contributed by atoms with Crippen LogP contribution in [0.25, 0.3) is 0 Å².